The van der Waals surface area contributed by atoms with E-state index in [1.54, 1.807) is 28.1 Å². The summed E-state index contributed by atoms with van der Waals surface area (Å²) in [6.45, 7) is 6.70. The molecule has 0 aliphatic carbocycles. The lowest BCUT2D eigenvalue weighted by Crippen LogP contribution is -2.09. The Labute approximate surface area is 270 Å². The molecule has 0 saturated heterocycles. The Kier molecular flexibility index (Phi) is 8.52. The molecule has 4 heterocycles. The maximum absolute atomic E-state index is 12.7. The van der Waals surface area contributed by atoms with Crippen molar-refractivity contribution >= 4 is 52.0 Å². The fourth-order valence-corrected chi connectivity index (χ4v) is 8.24. The highest BCUT2D eigenvalue weighted by Crippen LogP contribution is 2.42. The van der Waals surface area contributed by atoms with E-state index in [-0.39, 0.29) is 5.69 Å². The highest BCUT2D eigenvalue weighted by Gasteiger charge is 2.27. The van der Waals surface area contributed by atoms with E-state index in [9.17, 15) is 9.90 Å². The van der Waals surface area contributed by atoms with Crippen molar-refractivity contribution in [3.8, 4) is 16.9 Å². The maximum atomic E-state index is 12.7. The molecular weight excluding hydrogens is 614 g/mol. The minimum atomic E-state index is -0.958. The summed E-state index contributed by atoms with van der Waals surface area (Å²) < 4.78 is 12.0. The zero-order valence-corrected chi connectivity index (χ0v) is 28.2. The Bertz CT molecular complexity index is 1920. The van der Waals surface area contributed by atoms with Crippen LogP contribution >= 0.6 is 35.1 Å². The Morgan fingerprint density at radius 3 is 2.57 bits per heavy atom. The van der Waals surface area contributed by atoms with Gasteiger partial charge < -0.3 is 14.4 Å². The van der Waals surface area contributed by atoms with E-state index in [1.807, 2.05) is 49.6 Å². The van der Waals surface area contributed by atoms with Crippen molar-refractivity contribution in [2.45, 2.75) is 55.8 Å². The summed E-state index contributed by atoms with van der Waals surface area (Å²) in [5, 5.41) is 21.5. The molecular formula is C33H36ClN5O3S2. The number of aryl methyl sites for hydroxylation is 5. The molecule has 0 unspecified atom stereocenters. The molecule has 230 valence electrons. The first-order valence-electron chi connectivity index (χ1n) is 14.6. The number of halogens is 1. The first-order valence-corrected chi connectivity index (χ1v) is 17.1. The second-order valence-corrected chi connectivity index (χ2v) is 13.8. The fraction of sp³-hybridized carbons (Fsp3) is 0.364. The number of aromatic nitrogens is 5. The summed E-state index contributed by atoms with van der Waals surface area (Å²) >= 11 is 10.5. The van der Waals surface area contributed by atoms with Crippen LogP contribution in [0.15, 0.2) is 35.2 Å². The van der Waals surface area contributed by atoms with E-state index >= 15 is 0 Å². The van der Waals surface area contributed by atoms with Gasteiger partial charge in [0, 0.05) is 71.2 Å². The van der Waals surface area contributed by atoms with Crippen LogP contribution in [0.1, 0.15) is 56.4 Å². The van der Waals surface area contributed by atoms with Gasteiger partial charge in [0.25, 0.3) is 0 Å². The number of hydrogen-bond donors (Lipinski definition) is 1. The van der Waals surface area contributed by atoms with Gasteiger partial charge in [-0.2, -0.15) is 10.2 Å². The highest BCUT2D eigenvalue weighted by atomic mass is 35.5. The number of aromatic carboxylic acids is 1. The van der Waals surface area contributed by atoms with Crippen LogP contribution in [0.4, 0.5) is 0 Å². The number of thioether (sulfide) groups is 2. The average molecular weight is 650 g/mol. The molecule has 1 aliphatic heterocycles. The van der Waals surface area contributed by atoms with Gasteiger partial charge in [0.15, 0.2) is 0 Å². The van der Waals surface area contributed by atoms with Crippen molar-refractivity contribution < 1.29 is 14.6 Å². The number of hydrogen-bond acceptors (Lipinski definition) is 6. The van der Waals surface area contributed by atoms with E-state index < -0.39 is 5.97 Å². The number of ether oxygens (including phenoxy) is 1. The minimum Gasteiger partial charge on any atom is -0.493 e. The number of carbonyl (C=O) groups is 1. The molecule has 44 heavy (non-hydrogen) atoms. The first-order chi connectivity index (χ1) is 21.0. The third-order valence-electron chi connectivity index (χ3n) is 8.59. The molecule has 8 nitrogen and oxygen atoms in total. The van der Waals surface area contributed by atoms with Crippen molar-refractivity contribution in [1.29, 1.82) is 0 Å². The third-order valence-corrected chi connectivity index (χ3v) is 10.9. The summed E-state index contributed by atoms with van der Waals surface area (Å²) in [7, 11) is 5.75. The third kappa shape index (κ3) is 5.52. The highest BCUT2D eigenvalue weighted by molar-refractivity contribution is 7.98. The van der Waals surface area contributed by atoms with Gasteiger partial charge in [-0.3, -0.25) is 9.36 Å². The molecule has 8 bridgehead atoms. The summed E-state index contributed by atoms with van der Waals surface area (Å²) in [6, 6.07) is 10.3. The number of benzene rings is 2. The minimum absolute atomic E-state index is 0.277. The smallest absolute Gasteiger partial charge is 0.352 e. The normalized spacial score (nSPS) is 14.3. The Hall–Kier alpha value is -3.34. The van der Waals surface area contributed by atoms with Crippen LogP contribution in [-0.2, 0) is 44.8 Å². The van der Waals surface area contributed by atoms with Crippen LogP contribution in [0.3, 0.4) is 0 Å². The monoisotopic (exact) mass is 649 g/mol. The molecule has 0 atom stereocenters. The van der Waals surface area contributed by atoms with Gasteiger partial charge in [-0.15, -0.1) is 23.5 Å². The van der Waals surface area contributed by atoms with E-state index in [0.29, 0.717) is 30.2 Å². The number of nitrogens with zero attached hydrogens (tertiary/aromatic N) is 5. The number of fused-ring (bicyclic) bond motifs is 6. The Morgan fingerprint density at radius 2 is 1.80 bits per heavy atom. The van der Waals surface area contributed by atoms with Crippen molar-refractivity contribution in [3.63, 3.8) is 0 Å². The number of rotatable bonds is 1. The van der Waals surface area contributed by atoms with Crippen molar-refractivity contribution in [2.75, 3.05) is 6.61 Å². The van der Waals surface area contributed by atoms with E-state index in [1.165, 1.54) is 11.3 Å². The van der Waals surface area contributed by atoms with Crippen LogP contribution in [-0.4, -0.2) is 41.8 Å². The van der Waals surface area contributed by atoms with Crippen LogP contribution in [0.5, 0.6) is 5.75 Å². The van der Waals surface area contributed by atoms with Crippen LogP contribution in [0, 0.1) is 20.8 Å². The van der Waals surface area contributed by atoms with Gasteiger partial charge in [-0.05, 0) is 74.6 Å². The molecule has 0 fully saturated rings. The van der Waals surface area contributed by atoms with Crippen molar-refractivity contribution in [2.24, 2.45) is 21.1 Å². The topological polar surface area (TPSA) is 87.1 Å². The van der Waals surface area contributed by atoms with Gasteiger partial charge >= 0.3 is 5.97 Å². The van der Waals surface area contributed by atoms with Crippen LogP contribution in [0.2, 0.25) is 5.02 Å². The molecule has 0 spiro atoms. The molecule has 0 amide bonds. The first kappa shape index (κ1) is 30.7. The Morgan fingerprint density at radius 1 is 1.00 bits per heavy atom. The van der Waals surface area contributed by atoms with E-state index in [2.05, 4.69) is 32.0 Å². The predicted octanol–water partition coefficient (Wildman–Crippen LogP) is 7.64. The number of carboxylic acids is 1. The largest absolute Gasteiger partial charge is 0.493 e. The van der Waals surface area contributed by atoms with E-state index in [4.69, 9.17) is 26.5 Å². The van der Waals surface area contributed by atoms with Gasteiger partial charge in [0.2, 0.25) is 0 Å². The van der Waals surface area contributed by atoms with Gasteiger partial charge in [-0.25, -0.2) is 4.79 Å². The second-order valence-electron chi connectivity index (χ2n) is 11.4. The lowest BCUT2D eigenvalue weighted by Gasteiger charge is -2.14. The average Bonchev–Trinajstić information content (AvgIpc) is 3.57. The molecule has 11 heteroatoms. The summed E-state index contributed by atoms with van der Waals surface area (Å²) in [5.41, 5.74) is 10.0. The Balaban J connectivity index is 1.48. The SMILES string of the molecule is Cc1cc2cc(c1C)OCCCc1c(C(=O)O)n(C)c3c(c(Cl)ccc13)-c1c(nn(C)c1C)CSCc1cc(n(C)n1)CS2. The van der Waals surface area contributed by atoms with Gasteiger partial charge in [0.05, 0.1) is 28.5 Å². The standard InChI is InChI=1S/C33H36ClN5O3S2/c1-18-12-23-14-28(19(18)2)42-11-7-8-24-25-9-10-26(34)30(31(25)37(4)32(24)33(40)41)29-20(3)38(5)36-27(29)17-43-15-21-13-22(16-44-23)39(6)35-21/h9-10,12-14H,7-8,11,15-17H2,1-6H3,(H,40,41). The zero-order chi connectivity index (χ0) is 31.3. The lowest BCUT2D eigenvalue weighted by molar-refractivity contribution is 0.0685. The quantitative estimate of drug-likeness (QED) is 0.200. The van der Waals surface area contributed by atoms with Gasteiger partial charge in [0.1, 0.15) is 11.4 Å². The molecule has 5 aromatic rings. The van der Waals surface area contributed by atoms with Crippen LogP contribution < -0.4 is 4.74 Å². The molecule has 3 aromatic heterocycles. The molecule has 1 N–H and O–H groups in total. The molecule has 2 aromatic carbocycles. The van der Waals surface area contributed by atoms with Crippen molar-refractivity contribution in [3.05, 3.63) is 80.5 Å². The number of carboxylic acid groups (broad SMARTS) is 1. The van der Waals surface area contributed by atoms with Crippen LogP contribution in [0.25, 0.3) is 22.0 Å². The summed E-state index contributed by atoms with van der Waals surface area (Å²) in [6.07, 6.45) is 1.22. The molecule has 0 saturated carbocycles. The molecule has 1 aliphatic rings. The van der Waals surface area contributed by atoms with E-state index in [0.717, 1.165) is 72.4 Å². The fourth-order valence-electron chi connectivity index (χ4n) is 6.11. The zero-order valence-electron chi connectivity index (χ0n) is 25.8. The molecule has 0 radical (unpaired) electrons. The predicted molar refractivity (Wildman–Crippen MR) is 179 cm³/mol. The maximum Gasteiger partial charge on any atom is 0.352 e. The van der Waals surface area contributed by atoms with Crippen molar-refractivity contribution in [1.82, 2.24) is 24.1 Å². The molecule has 6 rings (SSSR count). The summed E-state index contributed by atoms with van der Waals surface area (Å²) in [5.74, 6) is 2.11. The second kappa shape index (κ2) is 12.2. The van der Waals surface area contributed by atoms with Gasteiger partial charge in [-0.1, -0.05) is 17.7 Å². The summed E-state index contributed by atoms with van der Waals surface area (Å²) in [4.78, 5) is 13.8. The lowest BCUT2D eigenvalue weighted by atomic mass is 9.98.